The Hall–Kier alpha value is -3.53. The number of aromatic nitrogens is 2. The van der Waals surface area contributed by atoms with Gasteiger partial charge < -0.3 is 5.32 Å². The molecule has 2 aliphatic rings. The molecule has 0 unspecified atom stereocenters. The fourth-order valence-electron chi connectivity index (χ4n) is 5.28. The molecular weight excluding hydrogens is 395 g/mol. The van der Waals surface area contributed by atoms with E-state index in [0.717, 1.165) is 12.8 Å². The lowest BCUT2D eigenvalue weighted by Gasteiger charge is -2.21. The van der Waals surface area contributed by atoms with Crippen LogP contribution in [0, 0.1) is 34.9 Å². The summed E-state index contributed by atoms with van der Waals surface area (Å²) in [6.45, 7) is 2.02. The van der Waals surface area contributed by atoms with Crippen LogP contribution >= 0.6 is 0 Å². The summed E-state index contributed by atoms with van der Waals surface area (Å²) < 4.78 is 15.2. The quantitative estimate of drug-likeness (QED) is 0.706. The van der Waals surface area contributed by atoms with E-state index < -0.39 is 5.82 Å². The summed E-state index contributed by atoms with van der Waals surface area (Å²) in [5, 5.41) is 12.3. The van der Waals surface area contributed by atoms with Crippen molar-refractivity contribution in [3.05, 3.63) is 76.1 Å². The minimum Gasteiger partial charge on any atom is -0.349 e. The summed E-state index contributed by atoms with van der Waals surface area (Å²) in [5.74, 6) is 0.716. The van der Waals surface area contributed by atoms with Crippen molar-refractivity contribution >= 4 is 16.8 Å². The van der Waals surface area contributed by atoms with E-state index in [1.807, 2.05) is 13.0 Å². The number of nitriles is 1. The maximum atomic E-state index is 13.6. The Morgan fingerprint density at radius 3 is 2.61 bits per heavy atom. The van der Waals surface area contributed by atoms with Gasteiger partial charge in [0.05, 0.1) is 28.9 Å². The molecule has 1 aromatic heterocycles. The predicted octanol–water partition coefficient (Wildman–Crippen LogP) is 3.42. The summed E-state index contributed by atoms with van der Waals surface area (Å²) in [5.41, 5.74) is 1.36. The molecule has 0 aliphatic heterocycles. The van der Waals surface area contributed by atoms with E-state index in [-0.39, 0.29) is 23.6 Å². The number of nitrogens with one attached hydrogen (secondary N) is 1. The van der Waals surface area contributed by atoms with Gasteiger partial charge in [0, 0.05) is 17.6 Å². The summed E-state index contributed by atoms with van der Waals surface area (Å²) in [7, 11) is 0. The topological polar surface area (TPSA) is 87.8 Å². The second-order valence-corrected chi connectivity index (χ2v) is 8.60. The van der Waals surface area contributed by atoms with E-state index in [1.54, 1.807) is 35.2 Å². The zero-order valence-corrected chi connectivity index (χ0v) is 17.0. The second-order valence-electron chi connectivity index (χ2n) is 8.60. The normalized spacial score (nSPS) is 23.2. The zero-order chi connectivity index (χ0) is 21.7. The molecular formula is C24H21FN4O2. The van der Waals surface area contributed by atoms with Crippen LogP contribution in [-0.2, 0) is 0 Å². The lowest BCUT2D eigenvalue weighted by atomic mass is 10.0. The first-order valence-corrected chi connectivity index (χ1v) is 10.4. The minimum atomic E-state index is -0.440. The van der Waals surface area contributed by atoms with E-state index in [2.05, 4.69) is 10.3 Å². The molecule has 0 radical (unpaired) electrons. The van der Waals surface area contributed by atoms with E-state index in [1.165, 1.54) is 18.2 Å². The molecule has 2 saturated carbocycles. The standard InChI is InChI=1S/C24H21FN4O2/c1-13(28-23(30)15-4-2-14(11-26)3-5-15)22-18-9-17(10-19(18)22)29-12-27-21-7-6-16(25)8-20(21)24(29)31/h2-8,12-13,17-19,22H,9-10H2,1H3,(H,28,30)/t13-,17?,18-,19-,22?/m0/s1. The van der Waals surface area contributed by atoms with Gasteiger partial charge in [0.25, 0.3) is 11.5 Å². The third-order valence-corrected chi connectivity index (χ3v) is 6.84. The van der Waals surface area contributed by atoms with Gasteiger partial charge >= 0.3 is 0 Å². The molecule has 31 heavy (non-hydrogen) atoms. The van der Waals surface area contributed by atoms with E-state index >= 15 is 0 Å². The number of rotatable bonds is 4. The second kappa shape index (κ2) is 7.31. The Balaban J connectivity index is 1.24. The number of benzene rings is 2. The van der Waals surface area contributed by atoms with Gasteiger partial charge in [0.15, 0.2) is 0 Å². The van der Waals surface area contributed by atoms with Crippen LogP contribution in [0.3, 0.4) is 0 Å². The van der Waals surface area contributed by atoms with Crippen molar-refractivity contribution in [2.45, 2.75) is 31.8 Å². The molecule has 0 bridgehead atoms. The number of amides is 1. The highest BCUT2D eigenvalue weighted by atomic mass is 19.1. The van der Waals surface area contributed by atoms with Crippen molar-refractivity contribution in [3.63, 3.8) is 0 Å². The molecule has 0 spiro atoms. The molecule has 6 nitrogen and oxygen atoms in total. The zero-order valence-electron chi connectivity index (χ0n) is 17.0. The van der Waals surface area contributed by atoms with Crippen LogP contribution in [0.2, 0.25) is 0 Å². The number of hydrogen-bond acceptors (Lipinski definition) is 4. The van der Waals surface area contributed by atoms with Crippen molar-refractivity contribution in [1.29, 1.82) is 5.26 Å². The Kier molecular flexibility index (Phi) is 4.58. The van der Waals surface area contributed by atoms with Crippen molar-refractivity contribution in [2.75, 3.05) is 0 Å². The van der Waals surface area contributed by atoms with Crippen LogP contribution in [0.1, 0.15) is 41.7 Å². The molecule has 2 fully saturated rings. The van der Waals surface area contributed by atoms with Crippen LogP contribution in [0.5, 0.6) is 0 Å². The Labute approximate surface area is 178 Å². The van der Waals surface area contributed by atoms with Gasteiger partial charge in [-0.05, 0) is 80.0 Å². The summed E-state index contributed by atoms with van der Waals surface area (Å²) in [6, 6.07) is 12.8. The highest BCUT2D eigenvalue weighted by Gasteiger charge is 2.58. The first kappa shape index (κ1) is 19.4. The lowest BCUT2D eigenvalue weighted by molar-refractivity contribution is 0.0932. The maximum absolute atomic E-state index is 13.6. The van der Waals surface area contributed by atoms with E-state index in [0.29, 0.717) is 39.8 Å². The highest BCUT2D eigenvalue weighted by Crippen LogP contribution is 2.62. The van der Waals surface area contributed by atoms with E-state index in [4.69, 9.17) is 5.26 Å². The van der Waals surface area contributed by atoms with Crippen LogP contribution in [0.25, 0.3) is 10.9 Å². The van der Waals surface area contributed by atoms with Crippen LogP contribution in [-0.4, -0.2) is 21.5 Å². The molecule has 1 amide bonds. The van der Waals surface area contributed by atoms with Crippen LogP contribution < -0.4 is 10.9 Å². The minimum absolute atomic E-state index is 0.0274. The molecule has 1 heterocycles. The Morgan fingerprint density at radius 1 is 1.23 bits per heavy atom. The lowest BCUT2D eigenvalue weighted by Crippen LogP contribution is -2.36. The van der Waals surface area contributed by atoms with Crippen molar-refractivity contribution in [2.24, 2.45) is 17.8 Å². The van der Waals surface area contributed by atoms with Crippen LogP contribution in [0.15, 0.2) is 53.6 Å². The number of carbonyl (C=O) groups excluding carboxylic acids is 1. The van der Waals surface area contributed by atoms with Gasteiger partial charge in [-0.25, -0.2) is 9.37 Å². The van der Waals surface area contributed by atoms with Gasteiger partial charge in [0.2, 0.25) is 0 Å². The maximum Gasteiger partial charge on any atom is 0.261 e. The SMILES string of the molecule is C[C@H](NC(=O)c1ccc(C#N)cc1)C1[C@H]2CC(n3cnc4ccc(F)cc4c3=O)C[C@H]12. The molecule has 0 saturated heterocycles. The number of hydrogen-bond donors (Lipinski definition) is 1. The highest BCUT2D eigenvalue weighted by molar-refractivity contribution is 5.94. The smallest absolute Gasteiger partial charge is 0.261 e. The summed E-state index contributed by atoms with van der Waals surface area (Å²) in [4.78, 5) is 29.7. The fourth-order valence-corrected chi connectivity index (χ4v) is 5.28. The first-order chi connectivity index (χ1) is 15.0. The summed E-state index contributed by atoms with van der Waals surface area (Å²) >= 11 is 0. The molecule has 156 valence electrons. The molecule has 5 rings (SSSR count). The molecule has 7 heteroatoms. The van der Waals surface area contributed by atoms with Crippen molar-refractivity contribution < 1.29 is 9.18 Å². The molecule has 1 N–H and O–H groups in total. The monoisotopic (exact) mass is 416 g/mol. The van der Waals surface area contributed by atoms with Gasteiger partial charge in [-0.3, -0.25) is 14.2 Å². The number of carbonyl (C=O) groups is 1. The van der Waals surface area contributed by atoms with Crippen LogP contribution in [0.4, 0.5) is 4.39 Å². The van der Waals surface area contributed by atoms with Gasteiger partial charge in [0.1, 0.15) is 5.82 Å². The fraction of sp³-hybridized carbons (Fsp3) is 0.333. The summed E-state index contributed by atoms with van der Waals surface area (Å²) in [6.07, 6.45) is 3.28. The molecule has 2 aliphatic carbocycles. The molecule has 2 aromatic carbocycles. The largest absolute Gasteiger partial charge is 0.349 e. The molecule has 3 atom stereocenters. The average molecular weight is 416 g/mol. The number of fused-ring (bicyclic) bond motifs is 2. The third-order valence-electron chi connectivity index (χ3n) is 6.84. The van der Waals surface area contributed by atoms with E-state index in [9.17, 15) is 14.0 Å². The first-order valence-electron chi connectivity index (χ1n) is 10.4. The predicted molar refractivity (Wildman–Crippen MR) is 113 cm³/mol. The van der Waals surface area contributed by atoms with Crippen molar-refractivity contribution in [1.82, 2.24) is 14.9 Å². The third kappa shape index (κ3) is 3.38. The van der Waals surface area contributed by atoms with Gasteiger partial charge in [-0.15, -0.1) is 0 Å². The number of nitrogens with zero attached hydrogens (tertiary/aromatic N) is 3. The Bertz CT molecular complexity index is 1270. The average Bonchev–Trinajstić information content (AvgIpc) is 3.28. The van der Waals surface area contributed by atoms with Gasteiger partial charge in [-0.1, -0.05) is 0 Å². The van der Waals surface area contributed by atoms with Gasteiger partial charge in [-0.2, -0.15) is 5.26 Å². The van der Waals surface area contributed by atoms with Crippen molar-refractivity contribution in [3.8, 4) is 6.07 Å². The Morgan fingerprint density at radius 2 is 1.94 bits per heavy atom. The number of halogens is 1. The molecule has 3 aromatic rings.